The zero-order chi connectivity index (χ0) is 16.3. The number of rotatable bonds is 4. The summed E-state index contributed by atoms with van der Waals surface area (Å²) in [6.07, 6.45) is 0. The van der Waals surface area contributed by atoms with Gasteiger partial charge in [0.05, 0.1) is 13.2 Å². The molecule has 1 N–H and O–H groups in total. The number of hydrogen-bond acceptors (Lipinski definition) is 3. The largest absolute Gasteiger partial charge is 0.379 e. The highest BCUT2D eigenvalue weighted by Crippen LogP contribution is 2.32. The van der Waals surface area contributed by atoms with E-state index >= 15 is 0 Å². The Kier molecular flexibility index (Phi) is 5.24. The van der Waals surface area contributed by atoms with Gasteiger partial charge in [0.25, 0.3) is 0 Å². The number of β-amino-alcohol motifs (C(OH)–C–C–N with tert-alkyl or cyclic N) is 1. The van der Waals surface area contributed by atoms with Crippen LogP contribution in [0.3, 0.4) is 0 Å². The molecule has 1 aliphatic heterocycles. The van der Waals surface area contributed by atoms with Crippen LogP contribution in [-0.4, -0.2) is 42.9 Å². The van der Waals surface area contributed by atoms with Crippen molar-refractivity contribution in [2.75, 3.05) is 32.8 Å². The standard InChI is InChI=1S/C18H19Cl2NO2/c19-16-5-1-14(2-6-16)18(22,13-21-9-11-23-12-10-21)15-3-7-17(20)8-4-15/h1-8,22H,9-13H2. The van der Waals surface area contributed by atoms with Crippen LogP contribution in [0.2, 0.25) is 10.0 Å². The molecule has 0 spiro atoms. The maximum atomic E-state index is 11.5. The molecular weight excluding hydrogens is 333 g/mol. The van der Waals surface area contributed by atoms with E-state index in [1.165, 1.54) is 0 Å². The van der Waals surface area contributed by atoms with Crippen molar-refractivity contribution in [3.8, 4) is 0 Å². The van der Waals surface area contributed by atoms with Crippen LogP contribution in [0.4, 0.5) is 0 Å². The molecule has 3 rings (SSSR count). The van der Waals surface area contributed by atoms with Crippen molar-refractivity contribution < 1.29 is 9.84 Å². The van der Waals surface area contributed by atoms with Crippen molar-refractivity contribution in [2.45, 2.75) is 5.60 Å². The molecule has 1 heterocycles. The van der Waals surface area contributed by atoms with Crippen LogP contribution in [0.25, 0.3) is 0 Å². The fourth-order valence-corrected chi connectivity index (χ4v) is 3.14. The molecule has 0 atom stereocenters. The lowest BCUT2D eigenvalue weighted by Gasteiger charge is -2.37. The molecule has 0 bridgehead atoms. The maximum absolute atomic E-state index is 11.5. The number of ether oxygens (including phenoxy) is 1. The zero-order valence-corrected chi connectivity index (χ0v) is 14.2. The highest BCUT2D eigenvalue weighted by molar-refractivity contribution is 6.30. The van der Waals surface area contributed by atoms with E-state index in [1.54, 1.807) is 24.3 Å². The van der Waals surface area contributed by atoms with Crippen molar-refractivity contribution in [3.05, 3.63) is 69.7 Å². The summed E-state index contributed by atoms with van der Waals surface area (Å²) >= 11 is 12.0. The van der Waals surface area contributed by atoms with Gasteiger partial charge < -0.3 is 9.84 Å². The summed E-state index contributed by atoms with van der Waals surface area (Å²) in [5, 5.41) is 12.8. The fourth-order valence-electron chi connectivity index (χ4n) is 2.88. The number of aliphatic hydroxyl groups is 1. The van der Waals surface area contributed by atoms with Gasteiger partial charge >= 0.3 is 0 Å². The quantitative estimate of drug-likeness (QED) is 0.913. The van der Waals surface area contributed by atoms with Crippen molar-refractivity contribution in [2.24, 2.45) is 0 Å². The second-order valence-corrected chi connectivity index (χ2v) is 6.64. The van der Waals surface area contributed by atoms with Gasteiger partial charge in [-0.05, 0) is 35.4 Å². The number of benzene rings is 2. The van der Waals surface area contributed by atoms with Crippen LogP contribution >= 0.6 is 23.2 Å². The van der Waals surface area contributed by atoms with Gasteiger partial charge in [-0.2, -0.15) is 0 Å². The minimum absolute atomic E-state index is 0.500. The third-order valence-corrected chi connectivity index (χ3v) is 4.70. The first-order valence-corrected chi connectivity index (χ1v) is 8.38. The summed E-state index contributed by atoms with van der Waals surface area (Å²) in [5.74, 6) is 0. The molecule has 1 aliphatic rings. The molecule has 1 fully saturated rings. The smallest absolute Gasteiger partial charge is 0.127 e. The molecule has 0 aliphatic carbocycles. The summed E-state index contributed by atoms with van der Waals surface area (Å²) in [6, 6.07) is 14.7. The molecule has 0 unspecified atom stereocenters. The lowest BCUT2D eigenvalue weighted by atomic mass is 9.85. The lowest BCUT2D eigenvalue weighted by molar-refractivity contribution is -0.0147. The van der Waals surface area contributed by atoms with E-state index in [0.717, 1.165) is 24.2 Å². The predicted octanol–water partition coefficient (Wildman–Crippen LogP) is 3.56. The van der Waals surface area contributed by atoms with Crippen LogP contribution in [-0.2, 0) is 10.3 Å². The molecule has 3 nitrogen and oxygen atoms in total. The van der Waals surface area contributed by atoms with Gasteiger partial charge in [0.2, 0.25) is 0 Å². The van der Waals surface area contributed by atoms with E-state index in [4.69, 9.17) is 27.9 Å². The first-order chi connectivity index (χ1) is 11.1. The maximum Gasteiger partial charge on any atom is 0.127 e. The average molecular weight is 352 g/mol. The van der Waals surface area contributed by atoms with Crippen LogP contribution < -0.4 is 0 Å². The molecule has 5 heteroatoms. The average Bonchev–Trinajstić information content (AvgIpc) is 2.57. The van der Waals surface area contributed by atoms with E-state index in [2.05, 4.69) is 4.90 Å². The number of nitrogens with zero attached hydrogens (tertiary/aromatic N) is 1. The summed E-state index contributed by atoms with van der Waals surface area (Å²) < 4.78 is 5.40. The van der Waals surface area contributed by atoms with Crippen LogP contribution in [0, 0.1) is 0 Å². The van der Waals surface area contributed by atoms with E-state index in [9.17, 15) is 5.11 Å². The van der Waals surface area contributed by atoms with E-state index in [-0.39, 0.29) is 0 Å². The summed E-state index contributed by atoms with van der Waals surface area (Å²) in [6.45, 7) is 3.50. The van der Waals surface area contributed by atoms with Crippen LogP contribution in [0.15, 0.2) is 48.5 Å². The molecule has 2 aromatic rings. The first-order valence-electron chi connectivity index (χ1n) is 7.62. The molecule has 122 valence electrons. The Bertz CT molecular complexity index is 592. The Labute approximate surface area is 146 Å². The van der Waals surface area contributed by atoms with E-state index in [1.807, 2.05) is 24.3 Å². The van der Waals surface area contributed by atoms with Gasteiger partial charge in [-0.1, -0.05) is 47.5 Å². The summed E-state index contributed by atoms with van der Waals surface area (Å²) in [7, 11) is 0. The molecule has 23 heavy (non-hydrogen) atoms. The van der Waals surface area contributed by atoms with Gasteiger partial charge in [-0.25, -0.2) is 0 Å². The number of halogens is 2. The minimum atomic E-state index is -1.12. The zero-order valence-electron chi connectivity index (χ0n) is 12.7. The third-order valence-electron chi connectivity index (χ3n) is 4.20. The molecule has 2 aromatic carbocycles. The molecule has 0 aromatic heterocycles. The predicted molar refractivity (Wildman–Crippen MR) is 93.2 cm³/mol. The molecule has 0 saturated carbocycles. The van der Waals surface area contributed by atoms with Crippen molar-refractivity contribution in [1.29, 1.82) is 0 Å². The van der Waals surface area contributed by atoms with Gasteiger partial charge in [-0.15, -0.1) is 0 Å². The van der Waals surface area contributed by atoms with Crippen LogP contribution in [0.1, 0.15) is 11.1 Å². The normalized spacial score (nSPS) is 16.5. The fraction of sp³-hybridized carbons (Fsp3) is 0.333. The Morgan fingerprint density at radius 1 is 0.870 bits per heavy atom. The Morgan fingerprint density at radius 3 is 1.74 bits per heavy atom. The van der Waals surface area contributed by atoms with Gasteiger partial charge in [0.15, 0.2) is 0 Å². The highest BCUT2D eigenvalue weighted by Gasteiger charge is 2.34. The summed E-state index contributed by atoms with van der Waals surface area (Å²) in [5.41, 5.74) is 0.512. The van der Waals surface area contributed by atoms with E-state index in [0.29, 0.717) is 29.8 Å². The van der Waals surface area contributed by atoms with Crippen molar-refractivity contribution >= 4 is 23.2 Å². The third kappa shape index (κ3) is 3.87. The molecular formula is C18H19Cl2NO2. The Balaban J connectivity index is 1.97. The first kappa shape index (κ1) is 16.7. The molecule has 0 amide bonds. The molecule has 1 saturated heterocycles. The van der Waals surface area contributed by atoms with Crippen LogP contribution in [0.5, 0.6) is 0 Å². The van der Waals surface area contributed by atoms with Crippen molar-refractivity contribution in [3.63, 3.8) is 0 Å². The highest BCUT2D eigenvalue weighted by atomic mass is 35.5. The lowest BCUT2D eigenvalue weighted by Crippen LogP contribution is -2.46. The minimum Gasteiger partial charge on any atom is -0.379 e. The van der Waals surface area contributed by atoms with Crippen molar-refractivity contribution in [1.82, 2.24) is 4.90 Å². The molecule has 0 radical (unpaired) electrons. The Hall–Kier alpha value is -1.10. The topological polar surface area (TPSA) is 32.7 Å². The van der Waals surface area contributed by atoms with Gasteiger partial charge in [0, 0.05) is 29.7 Å². The van der Waals surface area contributed by atoms with Gasteiger partial charge in [0.1, 0.15) is 5.60 Å². The SMILES string of the molecule is OC(CN1CCOCC1)(c1ccc(Cl)cc1)c1ccc(Cl)cc1. The monoisotopic (exact) mass is 351 g/mol. The number of morpholine rings is 1. The van der Waals surface area contributed by atoms with Gasteiger partial charge in [-0.3, -0.25) is 4.90 Å². The second-order valence-electron chi connectivity index (χ2n) is 5.76. The van der Waals surface area contributed by atoms with E-state index < -0.39 is 5.60 Å². The Morgan fingerprint density at radius 2 is 1.30 bits per heavy atom. The summed E-state index contributed by atoms with van der Waals surface area (Å²) in [4.78, 5) is 2.21. The second kappa shape index (κ2) is 7.20. The number of hydrogen-bond donors (Lipinski definition) is 1.